The van der Waals surface area contributed by atoms with Gasteiger partial charge in [0.15, 0.2) is 5.78 Å². The van der Waals surface area contributed by atoms with E-state index in [1.54, 1.807) is 25.1 Å². The second kappa shape index (κ2) is 9.49. The van der Waals surface area contributed by atoms with E-state index in [2.05, 4.69) is 5.32 Å². The lowest BCUT2D eigenvalue weighted by molar-refractivity contribution is -0.151. The number of halogens is 1. The molecule has 3 aliphatic rings. The molecule has 2 aliphatic carbocycles. The van der Waals surface area contributed by atoms with Crippen LogP contribution < -0.4 is 5.32 Å². The van der Waals surface area contributed by atoms with E-state index in [4.69, 9.17) is 9.47 Å². The first-order valence-corrected chi connectivity index (χ1v) is 11.6. The van der Waals surface area contributed by atoms with E-state index in [0.717, 1.165) is 32.1 Å². The van der Waals surface area contributed by atoms with Crippen molar-refractivity contribution in [2.45, 2.75) is 64.4 Å². The second-order valence-electron chi connectivity index (χ2n) is 9.22. The molecule has 0 amide bonds. The smallest absolute Gasteiger partial charge is 0.337 e. The zero-order valence-corrected chi connectivity index (χ0v) is 19.3. The molecule has 0 unspecified atom stereocenters. The molecule has 1 saturated carbocycles. The van der Waals surface area contributed by atoms with E-state index in [-0.39, 0.29) is 28.7 Å². The van der Waals surface area contributed by atoms with Crippen molar-refractivity contribution in [2.75, 3.05) is 7.11 Å². The average Bonchev–Trinajstić information content (AvgIpc) is 2.79. The van der Waals surface area contributed by atoms with Crippen LogP contribution in [0.2, 0.25) is 0 Å². The Hall–Kier alpha value is -2.96. The van der Waals surface area contributed by atoms with Crippen LogP contribution in [0.25, 0.3) is 0 Å². The Labute approximate surface area is 193 Å². The number of rotatable bonds is 4. The fourth-order valence-corrected chi connectivity index (χ4v) is 5.37. The molecular weight excluding hydrogens is 425 g/mol. The van der Waals surface area contributed by atoms with Gasteiger partial charge >= 0.3 is 11.9 Å². The Morgan fingerprint density at radius 3 is 2.48 bits per heavy atom. The van der Waals surface area contributed by atoms with Crippen LogP contribution >= 0.6 is 0 Å². The van der Waals surface area contributed by atoms with Crippen LogP contribution in [0.15, 0.2) is 46.8 Å². The van der Waals surface area contributed by atoms with Crippen molar-refractivity contribution >= 4 is 17.7 Å². The third kappa shape index (κ3) is 4.33. The van der Waals surface area contributed by atoms with Crippen LogP contribution in [0, 0.1) is 17.7 Å². The van der Waals surface area contributed by atoms with Crippen LogP contribution in [0.5, 0.6) is 0 Å². The Bertz CT molecular complexity index is 1040. The summed E-state index contributed by atoms with van der Waals surface area (Å²) >= 11 is 0. The third-order valence-electron chi connectivity index (χ3n) is 7.01. The van der Waals surface area contributed by atoms with Gasteiger partial charge in [0.05, 0.1) is 18.6 Å². The van der Waals surface area contributed by atoms with Gasteiger partial charge in [0, 0.05) is 22.5 Å². The lowest BCUT2D eigenvalue weighted by Gasteiger charge is -2.38. The number of dihydropyridines is 1. The summed E-state index contributed by atoms with van der Waals surface area (Å²) in [5.41, 5.74) is 1.84. The number of carbonyl (C=O) groups is 3. The monoisotopic (exact) mass is 455 g/mol. The topological polar surface area (TPSA) is 81.7 Å². The predicted molar refractivity (Wildman–Crippen MR) is 119 cm³/mol. The highest BCUT2D eigenvalue weighted by atomic mass is 19.1. The maximum atomic E-state index is 15.1. The third-order valence-corrected chi connectivity index (χ3v) is 7.01. The molecule has 4 rings (SSSR count). The molecule has 0 spiro atoms. The van der Waals surface area contributed by atoms with Gasteiger partial charge in [0.2, 0.25) is 0 Å². The molecule has 0 saturated heterocycles. The Balaban J connectivity index is 1.80. The van der Waals surface area contributed by atoms with E-state index in [0.29, 0.717) is 17.8 Å². The number of hydrogen-bond acceptors (Lipinski definition) is 6. The van der Waals surface area contributed by atoms with Crippen LogP contribution in [0.4, 0.5) is 4.39 Å². The quantitative estimate of drug-likeness (QED) is 0.538. The number of allylic oxidation sites excluding steroid dienone is 3. The maximum absolute atomic E-state index is 15.1. The number of methoxy groups -OCH3 is 1. The molecule has 6 nitrogen and oxygen atoms in total. The Kier molecular flexibility index (Phi) is 6.68. The van der Waals surface area contributed by atoms with E-state index < -0.39 is 35.4 Å². The number of nitrogens with one attached hydrogen (secondary N) is 1. The molecule has 33 heavy (non-hydrogen) atoms. The van der Waals surface area contributed by atoms with Crippen LogP contribution in [-0.2, 0) is 23.9 Å². The van der Waals surface area contributed by atoms with Crippen molar-refractivity contribution in [1.29, 1.82) is 0 Å². The second-order valence-corrected chi connectivity index (χ2v) is 9.22. The molecule has 1 fully saturated rings. The summed E-state index contributed by atoms with van der Waals surface area (Å²) < 4.78 is 25.8. The summed E-state index contributed by atoms with van der Waals surface area (Å²) in [6, 6.07) is 6.13. The zero-order valence-electron chi connectivity index (χ0n) is 19.3. The Morgan fingerprint density at radius 2 is 1.82 bits per heavy atom. The number of carbonyl (C=O) groups excluding carboxylic acids is 3. The molecule has 3 atom stereocenters. The summed E-state index contributed by atoms with van der Waals surface area (Å²) in [5, 5.41) is 3.21. The van der Waals surface area contributed by atoms with Gasteiger partial charge in [-0.3, -0.25) is 9.59 Å². The first kappa shape index (κ1) is 23.2. The van der Waals surface area contributed by atoms with Crippen LogP contribution in [0.3, 0.4) is 0 Å². The average molecular weight is 456 g/mol. The zero-order chi connectivity index (χ0) is 23.7. The number of hydrogen-bond donors (Lipinski definition) is 1. The van der Waals surface area contributed by atoms with Crippen LogP contribution in [-0.4, -0.2) is 30.9 Å². The normalized spacial score (nSPS) is 25.9. The van der Waals surface area contributed by atoms with Crippen molar-refractivity contribution in [3.05, 3.63) is 58.2 Å². The van der Waals surface area contributed by atoms with E-state index in [1.807, 2.05) is 6.92 Å². The lowest BCUT2D eigenvalue weighted by Crippen LogP contribution is -2.43. The molecule has 0 bridgehead atoms. The number of benzene rings is 1. The first-order valence-electron chi connectivity index (χ1n) is 11.6. The molecule has 0 aromatic heterocycles. The number of Topliss-reactive ketones (excluding diaryl/α,β-unsaturated/α-hetero) is 1. The van der Waals surface area contributed by atoms with Gasteiger partial charge in [-0.2, -0.15) is 0 Å². The molecule has 1 N–H and O–H groups in total. The van der Waals surface area contributed by atoms with Gasteiger partial charge in [-0.05, 0) is 51.0 Å². The van der Waals surface area contributed by atoms with Gasteiger partial charge in [0.1, 0.15) is 17.8 Å². The van der Waals surface area contributed by atoms with E-state index in [1.165, 1.54) is 13.2 Å². The summed E-state index contributed by atoms with van der Waals surface area (Å²) in [4.78, 5) is 39.5. The fraction of sp³-hybridized carbons (Fsp3) is 0.500. The van der Waals surface area contributed by atoms with Gasteiger partial charge in [0.25, 0.3) is 0 Å². The van der Waals surface area contributed by atoms with Gasteiger partial charge in [-0.25, -0.2) is 9.18 Å². The van der Waals surface area contributed by atoms with E-state index in [9.17, 15) is 14.4 Å². The number of esters is 2. The minimum atomic E-state index is -1.00. The van der Waals surface area contributed by atoms with Crippen molar-refractivity contribution in [1.82, 2.24) is 5.32 Å². The van der Waals surface area contributed by atoms with Crippen molar-refractivity contribution in [3.8, 4) is 0 Å². The highest BCUT2D eigenvalue weighted by Gasteiger charge is 2.48. The molecular formula is C26H30FNO5. The summed E-state index contributed by atoms with van der Waals surface area (Å²) in [7, 11) is 1.25. The summed E-state index contributed by atoms with van der Waals surface area (Å²) in [6.45, 7) is 3.56. The Morgan fingerprint density at radius 1 is 1.12 bits per heavy atom. The molecule has 0 radical (unpaired) electrons. The largest absolute Gasteiger partial charge is 0.468 e. The maximum Gasteiger partial charge on any atom is 0.337 e. The summed E-state index contributed by atoms with van der Waals surface area (Å²) in [6.07, 6.45) is 4.93. The van der Waals surface area contributed by atoms with Gasteiger partial charge in [-0.1, -0.05) is 31.5 Å². The minimum absolute atomic E-state index is 0.187. The molecule has 7 heteroatoms. The first-order chi connectivity index (χ1) is 15.8. The minimum Gasteiger partial charge on any atom is -0.468 e. The van der Waals surface area contributed by atoms with Gasteiger partial charge < -0.3 is 14.8 Å². The summed E-state index contributed by atoms with van der Waals surface area (Å²) in [5.74, 6) is -4.37. The van der Waals surface area contributed by atoms with Crippen molar-refractivity contribution in [3.63, 3.8) is 0 Å². The highest BCUT2D eigenvalue weighted by Crippen LogP contribution is 2.46. The molecule has 176 valence electrons. The SMILES string of the molecule is COC(=O)[C@@H]1C(=O)C2=C(C[C@H]1C)NC(C)=C(C(=O)OC1CCCCC1)[C@@H]2c1ccccc1F. The predicted octanol–water partition coefficient (Wildman–Crippen LogP) is 4.31. The molecule has 1 aromatic carbocycles. The standard InChI is InChI=1S/C26H30FNO5/c1-14-13-19-23(24(29)20(14)25(30)32-3)22(17-11-7-8-12-18(17)27)21(15(2)28-19)26(31)33-16-9-5-4-6-10-16/h7-8,11-12,14,16,20,22,28H,4-6,9-10,13H2,1-3H3/t14-,20+,22+/m1/s1. The lowest BCUT2D eigenvalue weighted by atomic mass is 9.69. The van der Waals surface area contributed by atoms with E-state index >= 15 is 4.39 Å². The van der Waals surface area contributed by atoms with Gasteiger partial charge in [-0.15, -0.1) is 0 Å². The van der Waals surface area contributed by atoms with Crippen molar-refractivity contribution in [2.24, 2.45) is 11.8 Å². The molecule has 1 aliphatic heterocycles. The highest BCUT2D eigenvalue weighted by molar-refractivity contribution is 6.12. The van der Waals surface area contributed by atoms with Crippen molar-refractivity contribution < 1.29 is 28.2 Å². The van der Waals surface area contributed by atoms with Crippen LogP contribution in [0.1, 0.15) is 63.9 Å². The number of ketones is 1. The molecule has 1 aromatic rings. The molecule has 1 heterocycles. The fourth-order valence-electron chi connectivity index (χ4n) is 5.37. The number of ether oxygens (including phenoxy) is 2.